The first-order valence-electron chi connectivity index (χ1n) is 10.2. The van der Waals surface area contributed by atoms with Gasteiger partial charge < -0.3 is 24.3 Å². The lowest BCUT2D eigenvalue weighted by Gasteiger charge is -2.11. The molecular formula is C22H24N2O9S. The summed E-state index contributed by atoms with van der Waals surface area (Å²) in [7, 11) is -1.54. The molecule has 0 fully saturated rings. The maximum atomic E-state index is 12.6. The van der Waals surface area contributed by atoms with E-state index in [9.17, 15) is 22.8 Å². The summed E-state index contributed by atoms with van der Waals surface area (Å²) in [6, 6.07) is 8.22. The van der Waals surface area contributed by atoms with Crippen molar-refractivity contribution >= 4 is 33.6 Å². The van der Waals surface area contributed by atoms with Crippen molar-refractivity contribution < 1.29 is 41.7 Å². The molecule has 0 radical (unpaired) electrons. The third-order valence-corrected chi connectivity index (χ3v) is 6.19. The minimum Gasteiger partial charge on any atom is -0.490 e. The summed E-state index contributed by atoms with van der Waals surface area (Å²) in [4.78, 5) is 36.0. The Morgan fingerprint density at radius 3 is 2.15 bits per heavy atom. The van der Waals surface area contributed by atoms with Crippen LogP contribution in [0.2, 0.25) is 0 Å². The normalized spacial score (nSPS) is 12.9. The van der Waals surface area contributed by atoms with E-state index in [-0.39, 0.29) is 34.7 Å². The van der Waals surface area contributed by atoms with Crippen molar-refractivity contribution in [2.24, 2.45) is 0 Å². The van der Waals surface area contributed by atoms with Crippen LogP contribution in [0.5, 0.6) is 11.5 Å². The number of rotatable bonds is 8. The van der Waals surface area contributed by atoms with E-state index >= 15 is 0 Å². The van der Waals surface area contributed by atoms with E-state index in [0.717, 1.165) is 0 Å². The summed E-state index contributed by atoms with van der Waals surface area (Å²) in [6.45, 7) is 0.707. The van der Waals surface area contributed by atoms with Gasteiger partial charge in [0.15, 0.2) is 11.5 Å². The second-order valence-corrected chi connectivity index (χ2v) is 8.90. The number of benzene rings is 2. The monoisotopic (exact) mass is 492 g/mol. The van der Waals surface area contributed by atoms with Gasteiger partial charge in [-0.2, -0.15) is 0 Å². The summed E-state index contributed by atoms with van der Waals surface area (Å²) in [5.41, 5.74) is 0.227. The van der Waals surface area contributed by atoms with Gasteiger partial charge in [0.25, 0.3) is 0 Å². The van der Waals surface area contributed by atoms with Gasteiger partial charge >= 0.3 is 11.9 Å². The molecule has 3 rings (SSSR count). The fraction of sp³-hybridized carbons (Fsp3) is 0.318. The van der Waals surface area contributed by atoms with Gasteiger partial charge in [0, 0.05) is 31.1 Å². The van der Waals surface area contributed by atoms with E-state index in [2.05, 4.69) is 19.5 Å². The number of hydrogen-bond acceptors (Lipinski definition) is 9. The van der Waals surface area contributed by atoms with Crippen molar-refractivity contribution in [2.75, 3.05) is 39.3 Å². The molecule has 0 saturated carbocycles. The van der Waals surface area contributed by atoms with Gasteiger partial charge in [-0.3, -0.25) is 4.79 Å². The van der Waals surface area contributed by atoms with Gasteiger partial charge in [0.1, 0.15) is 0 Å². The molecule has 1 aliphatic heterocycles. The van der Waals surface area contributed by atoms with Crippen molar-refractivity contribution in [3.63, 3.8) is 0 Å². The average Bonchev–Trinajstić information content (AvgIpc) is 3.07. The molecule has 2 aromatic carbocycles. The third kappa shape index (κ3) is 6.23. The van der Waals surface area contributed by atoms with Gasteiger partial charge in [0.2, 0.25) is 15.9 Å². The molecule has 1 heterocycles. The van der Waals surface area contributed by atoms with Gasteiger partial charge in [-0.15, -0.1) is 0 Å². The van der Waals surface area contributed by atoms with Crippen LogP contribution in [0.15, 0.2) is 41.3 Å². The Balaban J connectivity index is 1.63. The van der Waals surface area contributed by atoms with Crippen LogP contribution in [0, 0.1) is 0 Å². The number of anilines is 1. The highest BCUT2D eigenvalue weighted by atomic mass is 32.2. The molecule has 2 N–H and O–H groups in total. The SMILES string of the molecule is COC(=O)c1cc(NC(=O)CCNS(=O)(=O)c2ccc3c(c2)OCCCO3)cc(C(=O)OC)c1. The summed E-state index contributed by atoms with van der Waals surface area (Å²) < 4.78 is 47.9. The Kier molecular flexibility index (Phi) is 8.08. The molecule has 1 amide bonds. The lowest BCUT2D eigenvalue weighted by molar-refractivity contribution is -0.116. The molecule has 12 heteroatoms. The van der Waals surface area contributed by atoms with Gasteiger partial charge in [0.05, 0.1) is 43.5 Å². The number of nitrogens with one attached hydrogen (secondary N) is 2. The van der Waals surface area contributed by atoms with E-state index in [1.54, 1.807) is 0 Å². The zero-order valence-electron chi connectivity index (χ0n) is 18.6. The van der Waals surface area contributed by atoms with Crippen LogP contribution in [0.25, 0.3) is 0 Å². The van der Waals surface area contributed by atoms with Crippen molar-refractivity contribution in [1.29, 1.82) is 0 Å². The topological polar surface area (TPSA) is 146 Å². The summed E-state index contributed by atoms with van der Waals surface area (Å²) in [5.74, 6) is -1.14. The van der Waals surface area contributed by atoms with Crippen molar-refractivity contribution in [3.05, 3.63) is 47.5 Å². The van der Waals surface area contributed by atoms with Crippen molar-refractivity contribution in [2.45, 2.75) is 17.7 Å². The molecule has 2 aromatic rings. The number of hydrogen-bond donors (Lipinski definition) is 2. The Bertz CT molecular complexity index is 1160. The quantitative estimate of drug-likeness (QED) is 0.526. The lowest BCUT2D eigenvalue weighted by Crippen LogP contribution is -2.28. The smallest absolute Gasteiger partial charge is 0.337 e. The minimum atomic E-state index is -3.90. The van der Waals surface area contributed by atoms with Crippen LogP contribution >= 0.6 is 0 Å². The standard InChI is InChI=1S/C22H24N2O9S/c1-30-21(26)14-10-15(22(27)31-2)12-16(11-14)24-20(25)6-7-23-34(28,29)17-4-5-18-19(13-17)33-9-3-8-32-18/h4-5,10-13,23H,3,6-9H2,1-2H3,(H,24,25). The second kappa shape index (κ2) is 11.0. The number of fused-ring (bicyclic) bond motifs is 1. The average molecular weight is 493 g/mol. The van der Waals surface area contributed by atoms with E-state index in [0.29, 0.717) is 31.1 Å². The zero-order valence-corrected chi connectivity index (χ0v) is 19.4. The molecule has 34 heavy (non-hydrogen) atoms. The largest absolute Gasteiger partial charge is 0.490 e. The van der Waals surface area contributed by atoms with Crippen LogP contribution in [-0.4, -0.2) is 60.2 Å². The number of sulfonamides is 1. The minimum absolute atomic E-state index is 0.0225. The molecule has 0 atom stereocenters. The molecule has 11 nitrogen and oxygen atoms in total. The van der Waals surface area contributed by atoms with Gasteiger partial charge in [-0.1, -0.05) is 0 Å². The van der Waals surface area contributed by atoms with Crippen molar-refractivity contribution in [1.82, 2.24) is 4.72 Å². The Morgan fingerprint density at radius 2 is 1.53 bits per heavy atom. The summed E-state index contributed by atoms with van der Waals surface area (Å²) in [6.07, 6.45) is 0.480. The number of ether oxygens (including phenoxy) is 4. The first-order valence-corrected chi connectivity index (χ1v) is 11.7. The zero-order chi connectivity index (χ0) is 24.7. The molecule has 182 valence electrons. The third-order valence-electron chi connectivity index (χ3n) is 4.73. The molecule has 0 aromatic heterocycles. The van der Waals surface area contributed by atoms with Crippen LogP contribution in [-0.2, 0) is 24.3 Å². The van der Waals surface area contributed by atoms with Crippen LogP contribution in [0.4, 0.5) is 5.69 Å². The van der Waals surface area contributed by atoms with Crippen LogP contribution in [0.1, 0.15) is 33.6 Å². The summed E-state index contributed by atoms with van der Waals surface area (Å²) in [5, 5.41) is 2.53. The Morgan fingerprint density at radius 1 is 0.912 bits per heavy atom. The number of esters is 2. The second-order valence-electron chi connectivity index (χ2n) is 7.14. The highest BCUT2D eigenvalue weighted by molar-refractivity contribution is 7.89. The highest BCUT2D eigenvalue weighted by Crippen LogP contribution is 2.31. The van der Waals surface area contributed by atoms with Gasteiger partial charge in [-0.25, -0.2) is 22.7 Å². The van der Waals surface area contributed by atoms with Crippen molar-refractivity contribution in [3.8, 4) is 11.5 Å². The number of methoxy groups -OCH3 is 2. The molecule has 0 unspecified atom stereocenters. The Labute approximate surface area is 196 Å². The molecule has 0 saturated heterocycles. The van der Waals surface area contributed by atoms with Gasteiger partial charge in [-0.05, 0) is 30.3 Å². The number of carbonyl (C=O) groups is 3. The molecule has 0 bridgehead atoms. The van der Waals surface area contributed by atoms with Crippen LogP contribution in [0.3, 0.4) is 0 Å². The van der Waals surface area contributed by atoms with E-state index in [1.807, 2.05) is 0 Å². The summed E-state index contributed by atoms with van der Waals surface area (Å²) >= 11 is 0. The predicted octanol–water partition coefficient (Wildman–Crippen LogP) is 1.73. The van der Waals surface area contributed by atoms with E-state index < -0.39 is 27.9 Å². The lowest BCUT2D eigenvalue weighted by atomic mass is 10.1. The maximum absolute atomic E-state index is 12.6. The molecule has 0 spiro atoms. The molecule has 0 aliphatic carbocycles. The number of carbonyl (C=O) groups excluding carboxylic acids is 3. The Hall–Kier alpha value is -3.64. The van der Waals surface area contributed by atoms with E-state index in [1.165, 1.54) is 50.6 Å². The molecular weight excluding hydrogens is 468 g/mol. The predicted molar refractivity (Wildman–Crippen MR) is 120 cm³/mol. The maximum Gasteiger partial charge on any atom is 0.337 e. The van der Waals surface area contributed by atoms with E-state index in [4.69, 9.17) is 9.47 Å². The molecule has 1 aliphatic rings. The highest BCUT2D eigenvalue weighted by Gasteiger charge is 2.19. The first kappa shape index (κ1) is 25.0. The fourth-order valence-corrected chi connectivity index (χ4v) is 4.13. The van der Waals surface area contributed by atoms with Crippen LogP contribution < -0.4 is 19.5 Å². The number of amides is 1. The fourth-order valence-electron chi connectivity index (χ4n) is 3.09. The first-order chi connectivity index (χ1) is 16.2.